The van der Waals surface area contributed by atoms with Crippen molar-refractivity contribution in [3.05, 3.63) is 72.1 Å². The fourth-order valence-electron chi connectivity index (χ4n) is 3.28. The third-order valence-corrected chi connectivity index (χ3v) is 4.56. The number of hydrogen-bond acceptors (Lipinski definition) is 3. The van der Waals surface area contributed by atoms with Crippen molar-refractivity contribution < 1.29 is 4.79 Å². The van der Waals surface area contributed by atoms with Crippen molar-refractivity contribution in [3.63, 3.8) is 0 Å². The minimum Gasteiger partial charge on any atom is -0.334 e. The van der Waals surface area contributed by atoms with Crippen LogP contribution in [0.4, 0.5) is 5.69 Å². The zero-order valence-corrected chi connectivity index (χ0v) is 14.9. The van der Waals surface area contributed by atoms with Crippen LogP contribution in [-0.2, 0) is 7.05 Å². The summed E-state index contributed by atoms with van der Waals surface area (Å²) in [6.07, 6.45) is 5.29. The molecule has 0 aliphatic carbocycles. The highest BCUT2D eigenvalue weighted by Gasteiger charge is 2.17. The number of nitrogens with zero attached hydrogens (tertiary/aromatic N) is 4. The van der Waals surface area contributed by atoms with Gasteiger partial charge >= 0.3 is 0 Å². The summed E-state index contributed by atoms with van der Waals surface area (Å²) in [6.45, 7) is 3.93. The molecule has 1 N–H and O–H groups in total. The Hall–Kier alpha value is -3.41. The molecule has 0 atom stereocenters. The average Bonchev–Trinajstić information content (AvgIpc) is 3.15. The predicted octanol–water partition coefficient (Wildman–Crippen LogP) is 3.63. The minimum absolute atomic E-state index is 0.130. The van der Waals surface area contributed by atoms with Gasteiger partial charge < -0.3 is 14.5 Å². The Bertz CT molecular complexity index is 1110. The lowest BCUT2D eigenvalue weighted by Crippen LogP contribution is -2.13. The van der Waals surface area contributed by atoms with Crippen molar-refractivity contribution in [1.82, 2.24) is 19.1 Å². The number of nitrogens with one attached hydrogen (secondary N) is 1. The van der Waals surface area contributed by atoms with Gasteiger partial charge in [-0.3, -0.25) is 9.78 Å². The molecule has 4 rings (SSSR count). The molecule has 6 heteroatoms. The normalized spacial score (nSPS) is 11.0. The van der Waals surface area contributed by atoms with Crippen molar-refractivity contribution in [3.8, 4) is 5.69 Å². The first kappa shape index (κ1) is 16.1. The van der Waals surface area contributed by atoms with Gasteiger partial charge in [-0.1, -0.05) is 0 Å². The molecule has 4 aromatic rings. The Morgan fingerprint density at radius 2 is 2.00 bits per heavy atom. The van der Waals surface area contributed by atoms with Crippen LogP contribution < -0.4 is 5.32 Å². The summed E-state index contributed by atoms with van der Waals surface area (Å²) >= 11 is 0. The molecule has 26 heavy (non-hydrogen) atoms. The maximum Gasteiger partial charge on any atom is 0.257 e. The lowest BCUT2D eigenvalue weighted by Gasteiger charge is -2.09. The van der Waals surface area contributed by atoms with E-state index in [1.165, 1.54) is 0 Å². The number of fused-ring (bicyclic) bond motifs is 1. The SMILES string of the molecule is Cc1cc(C(=O)Nc2ccc3ncn(C)c3c2)c(C)n1-c1cccnc1. The molecule has 3 heterocycles. The second-order valence-electron chi connectivity index (χ2n) is 6.34. The minimum atomic E-state index is -0.130. The summed E-state index contributed by atoms with van der Waals surface area (Å²) in [5.74, 6) is -0.130. The van der Waals surface area contributed by atoms with Gasteiger partial charge in [0.2, 0.25) is 0 Å². The average molecular weight is 345 g/mol. The number of carbonyl (C=O) groups excluding carboxylic acids is 1. The van der Waals surface area contributed by atoms with Gasteiger partial charge in [0.05, 0.1) is 34.8 Å². The lowest BCUT2D eigenvalue weighted by atomic mass is 10.2. The van der Waals surface area contributed by atoms with Gasteiger partial charge in [0, 0.05) is 30.3 Å². The molecular weight excluding hydrogens is 326 g/mol. The standard InChI is InChI=1S/C20H19N5O/c1-13-9-17(14(2)25(13)16-5-4-8-21-11-16)20(26)23-15-6-7-18-19(10-15)24(3)12-22-18/h4-12H,1-3H3,(H,23,26). The number of hydrogen-bond donors (Lipinski definition) is 1. The van der Waals surface area contributed by atoms with E-state index in [9.17, 15) is 4.79 Å². The van der Waals surface area contributed by atoms with E-state index in [4.69, 9.17) is 0 Å². The third-order valence-electron chi connectivity index (χ3n) is 4.56. The molecule has 3 aromatic heterocycles. The van der Waals surface area contributed by atoms with Gasteiger partial charge in [0.25, 0.3) is 5.91 Å². The molecule has 0 saturated carbocycles. The Morgan fingerprint density at radius 1 is 1.15 bits per heavy atom. The molecular formula is C20H19N5O. The molecule has 0 saturated heterocycles. The molecule has 1 aromatic carbocycles. The first-order valence-corrected chi connectivity index (χ1v) is 8.36. The zero-order valence-electron chi connectivity index (χ0n) is 14.9. The maximum absolute atomic E-state index is 12.8. The largest absolute Gasteiger partial charge is 0.334 e. The highest BCUT2D eigenvalue weighted by atomic mass is 16.1. The summed E-state index contributed by atoms with van der Waals surface area (Å²) in [5, 5.41) is 2.99. The molecule has 0 aliphatic rings. The highest BCUT2D eigenvalue weighted by molar-refractivity contribution is 6.06. The van der Waals surface area contributed by atoms with Crippen molar-refractivity contribution in [2.24, 2.45) is 7.05 Å². The van der Waals surface area contributed by atoms with Gasteiger partial charge in [-0.15, -0.1) is 0 Å². The van der Waals surface area contributed by atoms with E-state index < -0.39 is 0 Å². The first-order valence-electron chi connectivity index (χ1n) is 8.36. The Kier molecular flexibility index (Phi) is 3.80. The third kappa shape index (κ3) is 2.65. The molecule has 0 unspecified atom stereocenters. The molecule has 1 amide bonds. The molecule has 0 fully saturated rings. The van der Waals surface area contributed by atoms with E-state index in [-0.39, 0.29) is 5.91 Å². The monoisotopic (exact) mass is 345 g/mol. The predicted molar refractivity (Wildman–Crippen MR) is 102 cm³/mol. The van der Waals surface area contributed by atoms with Crippen LogP contribution in [0.1, 0.15) is 21.7 Å². The molecule has 6 nitrogen and oxygen atoms in total. The summed E-state index contributed by atoms with van der Waals surface area (Å²) in [4.78, 5) is 21.3. The van der Waals surface area contributed by atoms with Gasteiger partial charge in [0.1, 0.15) is 0 Å². The number of anilines is 1. The Morgan fingerprint density at radius 3 is 2.77 bits per heavy atom. The van der Waals surface area contributed by atoms with Crippen molar-refractivity contribution in [2.45, 2.75) is 13.8 Å². The van der Waals surface area contributed by atoms with Crippen LogP contribution in [0, 0.1) is 13.8 Å². The summed E-state index contributed by atoms with van der Waals surface area (Å²) in [6, 6.07) is 11.5. The van der Waals surface area contributed by atoms with Crippen LogP contribution in [0.25, 0.3) is 16.7 Å². The van der Waals surface area contributed by atoms with Crippen LogP contribution >= 0.6 is 0 Å². The smallest absolute Gasteiger partial charge is 0.257 e. The van der Waals surface area contributed by atoms with Crippen molar-refractivity contribution in [1.29, 1.82) is 0 Å². The van der Waals surface area contributed by atoms with E-state index in [2.05, 4.69) is 15.3 Å². The van der Waals surface area contributed by atoms with Gasteiger partial charge in [-0.25, -0.2) is 4.98 Å². The molecule has 0 bridgehead atoms. The number of carbonyl (C=O) groups is 1. The van der Waals surface area contributed by atoms with E-state index in [1.54, 1.807) is 18.7 Å². The van der Waals surface area contributed by atoms with Gasteiger partial charge in [0.15, 0.2) is 0 Å². The van der Waals surface area contributed by atoms with Gasteiger partial charge in [-0.05, 0) is 50.2 Å². The second-order valence-corrected chi connectivity index (χ2v) is 6.34. The number of benzene rings is 1. The lowest BCUT2D eigenvalue weighted by molar-refractivity contribution is 0.102. The van der Waals surface area contributed by atoms with Crippen LogP contribution in [0.2, 0.25) is 0 Å². The van der Waals surface area contributed by atoms with E-state index in [0.717, 1.165) is 33.8 Å². The van der Waals surface area contributed by atoms with E-state index >= 15 is 0 Å². The summed E-state index contributed by atoms with van der Waals surface area (Å²) < 4.78 is 3.96. The Balaban J connectivity index is 1.67. The number of rotatable bonds is 3. The molecule has 130 valence electrons. The summed E-state index contributed by atoms with van der Waals surface area (Å²) in [5.41, 5.74) is 6.09. The summed E-state index contributed by atoms with van der Waals surface area (Å²) in [7, 11) is 1.93. The van der Waals surface area contributed by atoms with Crippen LogP contribution in [-0.4, -0.2) is 25.0 Å². The molecule has 0 radical (unpaired) electrons. The quantitative estimate of drug-likeness (QED) is 0.617. The Labute approximate surface area is 151 Å². The van der Waals surface area contributed by atoms with Crippen LogP contribution in [0.15, 0.2) is 55.1 Å². The number of imidazole rings is 1. The topological polar surface area (TPSA) is 64.7 Å². The second kappa shape index (κ2) is 6.15. The number of aryl methyl sites for hydroxylation is 2. The van der Waals surface area contributed by atoms with E-state index in [0.29, 0.717) is 5.56 Å². The van der Waals surface area contributed by atoms with Crippen molar-refractivity contribution >= 4 is 22.6 Å². The van der Waals surface area contributed by atoms with Crippen LogP contribution in [0.5, 0.6) is 0 Å². The number of aromatic nitrogens is 4. The fourth-order valence-corrected chi connectivity index (χ4v) is 3.28. The van der Waals surface area contributed by atoms with E-state index in [1.807, 2.05) is 66.4 Å². The highest BCUT2D eigenvalue weighted by Crippen LogP contribution is 2.22. The zero-order chi connectivity index (χ0) is 18.3. The maximum atomic E-state index is 12.8. The van der Waals surface area contributed by atoms with Gasteiger partial charge in [-0.2, -0.15) is 0 Å². The number of pyridine rings is 1. The molecule has 0 aliphatic heterocycles. The fraction of sp³-hybridized carbons (Fsp3) is 0.150. The first-order chi connectivity index (χ1) is 12.5. The number of amides is 1. The molecule has 0 spiro atoms. The van der Waals surface area contributed by atoms with Crippen molar-refractivity contribution in [2.75, 3.05) is 5.32 Å². The van der Waals surface area contributed by atoms with Crippen LogP contribution in [0.3, 0.4) is 0 Å².